The molecular weight excluding hydrogens is 333 g/mol. The van der Waals surface area contributed by atoms with Crippen LogP contribution in [0.4, 0.5) is 15.8 Å². The Bertz CT molecular complexity index is 495. The van der Waals surface area contributed by atoms with Gasteiger partial charge < -0.3 is 15.5 Å². The van der Waals surface area contributed by atoms with E-state index in [1.165, 1.54) is 45.3 Å². The van der Waals surface area contributed by atoms with Crippen molar-refractivity contribution in [2.45, 2.75) is 25.7 Å². The van der Waals surface area contributed by atoms with Crippen LogP contribution in [0, 0.1) is 11.7 Å². The molecule has 2 saturated heterocycles. The number of hydrogen-bond acceptors (Lipinski definition) is 3. The normalized spacial score (nSPS) is 21.1. The van der Waals surface area contributed by atoms with Crippen LogP contribution in [0.5, 0.6) is 0 Å². The van der Waals surface area contributed by atoms with Crippen LogP contribution in [0.25, 0.3) is 0 Å². The van der Waals surface area contributed by atoms with E-state index in [4.69, 9.17) is 5.73 Å². The highest BCUT2D eigenvalue weighted by molar-refractivity contribution is 9.10. The zero-order valence-corrected chi connectivity index (χ0v) is 13.9. The Morgan fingerprint density at radius 3 is 2.48 bits per heavy atom. The molecule has 2 aliphatic heterocycles. The highest BCUT2D eigenvalue weighted by Crippen LogP contribution is 2.32. The van der Waals surface area contributed by atoms with E-state index in [0.29, 0.717) is 10.2 Å². The summed E-state index contributed by atoms with van der Waals surface area (Å²) in [6.07, 6.45) is 5.06. The zero-order valence-electron chi connectivity index (χ0n) is 12.3. The van der Waals surface area contributed by atoms with Crippen molar-refractivity contribution in [3.63, 3.8) is 0 Å². The zero-order chi connectivity index (χ0) is 14.8. The molecule has 0 bridgehead atoms. The molecule has 3 rings (SSSR count). The second kappa shape index (κ2) is 6.53. The first-order chi connectivity index (χ1) is 10.1. The summed E-state index contributed by atoms with van der Waals surface area (Å²) >= 11 is 3.18. The van der Waals surface area contributed by atoms with Crippen molar-refractivity contribution in [2.75, 3.05) is 43.4 Å². The van der Waals surface area contributed by atoms with Gasteiger partial charge in [-0.2, -0.15) is 0 Å². The first-order valence-corrected chi connectivity index (χ1v) is 8.64. The molecule has 0 unspecified atom stereocenters. The van der Waals surface area contributed by atoms with Gasteiger partial charge in [0.05, 0.1) is 15.8 Å². The molecule has 21 heavy (non-hydrogen) atoms. The van der Waals surface area contributed by atoms with E-state index in [-0.39, 0.29) is 5.82 Å². The molecule has 0 saturated carbocycles. The predicted molar refractivity (Wildman–Crippen MR) is 89.1 cm³/mol. The number of nitrogens with zero attached hydrogens (tertiary/aromatic N) is 2. The van der Waals surface area contributed by atoms with Crippen LogP contribution in [-0.4, -0.2) is 37.6 Å². The molecule has 116 valence electrons. The minimum atomic E-state index is -0.238. The van der Waals surface area contributed by atoms with E-state index in [1.807, 2.05) is 0 Å². The summed E-state index contributed by atoms with van der Waals surface area (Å²) in [5, 5.41) is 0. The predicted octanol–water partition coefficient (Wildman–Crippen LogP) is 3.48. The third-order valence-corrected chi connectivity index (χ3v) is 5.35. The summed E-state index contributed by atoms with van der Waals surface area (Å²) in [7, 11) is 0. The second-order valence-corrected chi connectivity index (χ2v) is 7.12. The molecule has 3 nitrogen and oxygen atoms in total. The van der Waals surface area contributed by atoms with Crippen molar-refractivity contribution in [3.8, 4) is 0 Å². The van der Waals surface area contributed by atoms with Gasteiger partial charge in [-0.05, 0) is 66.7 Å². The highest BCUT2D eigenvalue weighted by atomic mass is 79.9. The second-order valence-electron chi connectivity index (χ2n) is 6.26. The Kier molecular flexibility index (Phi) is 4.69. The van der Waals surface area contributed by atoms with E-state index < -0.39 is 0 Å². The van der Waals surface area contributed by atoms with Gasteiger partial charge in [0.2, 0.25) is 0 Å². The van der Waals surface area contributed by atoms with Crippen molar-refractivity contribution in [2.24, 2.45) is 5.92 Å². The van der Waals surface area contributed by atoms with Crippen LogP contribution >= 0.6 is 15.9 Å². The number of likely N-dealkylation sites (tertiary alicyclic amines) is 1. The third-order valence-electron chi connectivity index (χ3n) is 4.74. The average molecular weight is 356 g/mol. The molecule has 5 heteroatoms. The Hall–Kier alpha value is -0.810. The third kappa shape index (κ3) is 3.51. The molecule has 2 aliphatic rings. The van der Waals surface area contributed by atoms with Gasteiger partial charge in [0.15, 0.2) is 0 Å². The maximum Gasteiger partial charge on any atom is 0.139 e. The minimum absolute atomic E-state index is 0.238. The van der Waals surface area contributed by atoms with Crippen molar-refractivity contribution in [1.82, 2.24) is 4.90 Å². The van der Waals surface area contributed by atoms with Crippen molar-refractivity contribution < 1.29 is 4.39 Å². The summed E-state index contributed by atoms with van der Waals surface area (Å²) < 4.78 is 14.2. The number of anilines is 2. The van der Waals surface area contributed by atoms with E-state index in [1.54, 1.807) is 12.1 Å². The first kappa shape index (κ1) is 15.1. The lowest BCUT2D eigenvalue weighted by molar-refractivity contribution is 0.249. The Morgan fingerprint density at radius 2 is 1.81 bits per heavy atom. The highest BCUT2D eigenvalue weighted by Gasteiger charge is 2.24. The Balaban J connectivity index is 1.59. The molecule has 2 N–H and O–H groups in total. The number of hydrogen-bond donors (Lipinski definition) is 1. The largest absolute Gasteiger partial charge is 0.397 e. The molecule has 0 spiro atoms. The van der Waals surface area contributed by atoms with Crippen LogP contribution in [0.3, 0.4) is 0 Å². The molecule has 1 aromatic carbocycles. The molecular formula is C16H23BrFN3. The van der Waals surface area contributed by atoms with Crippen LogP contribution in [0.2, 0.25) is 0 Å². The van der Waals surface area contributed by atoms with Crippen molar-refractivity contribution in [1.29, 1.82) is 0 Å². The van der Waals surface area contributed by atoms with E-state index in [2.05, 4.69) is 25.7 Å². The quantitative estimate of drug-likeness (QED) is 0.842. The van der Waals surface area contributed by atoms with Gasteiger partial charge in [-0.3, -0.25) is 0 Å². The van der Waals surface area contributed by atoms with Gasteiger partial charge in [0, 0.05) is 25.7 Å². The van der Waals surface area contributed by atoms with Crippen LogP contribution in [-0.2, 0) is 0 Å². The summed E-state index contributed by atoms with van der Waals surface area (Å²) in [5.74, 6) is 0.541. The molecule has 1 aromatic rings. The monoisotopic (exact) mass is 355 g/mol. The van der Waals surface area contributed by atoms with Gasteiger partial charge >= 0.3 is 0 Å². The Labute approximate surface area is 134 Å². The first-order valence-electron chi connectivity index (χ1n) is 7.85. The molecule has 0 radical (unpaired) electrons. The standard InChI is InChI=1S/C16H23BrFN3/c17-13-9-15(19)16(10-14(13)18)21-7-3-12(4-8-21)11-20-5-1-2-6-20/h9-10,12H,1-8,11,19H2. The lowest BCUT2D eigenvalue weighted by Crippen LogP contribution is -2.38. The lowest BCUT2D eigenvalue weighted by Gasteiger charge is -2.35. The maximum atomic E-state index is 13.7. The maximum absolute atomic E-state index is 13.7. The molecule has 0 aromatic heterocycles. The van der Waals surface area contributed by atoms with Gasteiger partial charge in [0.1, 0.15) is 5.82 Å². The number of piperidine rings is 1. The van der Waals surface area contributed by atoms with Gasteiger partial charge in [-0.25, -0.2) is 4.39 Å². The fourth-order valence-corrected chi connectivity index (χ4v) is 3.87. The Morgan fingerprint density at radius 1 is 1.14 bits per heavy atom. The fourth-order valence-electron chi connectivity index (χ4n) is 3.51. The van der Waals surface area contributed by atoms with E-state index in [0.717, 1.165) is 24.7 Å². The topological polar surface area (TPSA) is 32.5 Å². The number of rotatable bonds is 3. The van der Waals surface area contributed by atoms with Crippen molar-refractivity contribution in [3.05, 3.63) is 22.4 Å². The summed E-state index contributed by atoms with van der Waals surface area (Å²) in [4.78, 5) is 4.82. The smallest absolute Gasteiger partial charge is 0.139 e. The molecule has 0 amide bonds. The van der Waals surface area contributed by atoms with Crippen molar-refractivity contribution >= 4 is 27.3 Å². The lowest BCUT2D eigenvalue weighted by atomic mass is 9.95. The van der Waals surface area contributed by atoms with Crippen LogP contribution < -0.4 is 10.6 Å². The number of benzene rings is 1. The average Bonchev–Trinajstić information content (AvgIpc) is 2.97. The molecule has 0 atom stereocenters. The minimum Gasteiger partial charge on any atom is -0.397 e. The fraction of sp³-hybridized carbons (Fsp3) is 0.625. The van der Waals surface area contributed by atoms with E-state index >= 15 is 0 Å². The van der Waals surface area contributed by atoms with Crippen LogP contribution in [0.15, 0.2) is 16.6 Å². The molecule has 0 aliphatic carbocycles. The van der Waals surface area contributed by atoms with E-state index in [9.17, 15) is 4.39 Å². The van der Waals surface area contributed by atoms with Gasteiger partial charge in [0.25, 0.3) is 0 Å². The summed E-state index contributed by atoms with van der Waals surface area (Å²) in [5.41, 5.74) is 7.54. The molecule has 2 fully saturated rings. The number of nitrogen functional groups attached to an aromatic ring is 1. The molecule has 2 heterocycles. The number of halogens is 2. The summed E-state index contributed by atoms with van der Waals surface area (Å²) in [6.45, 7) is 5.72. The van der Waals surface area contributed by atoms with Gasteiger partial charge in [-0.1, -0.05) is 0 Å². The van der Waals surface area contributed by atoms with Crippen LogP contribution in [0.1, 0.15) is 25.7 Å². The van der Waals surface area contributed by atoms with Gasteiger partial charge in [-0.15, -0.1) is 0 Å². The SMILES string of the molecule is Nc1cc(Br)c(F)cc1N1CCC(CN2CCCC2)CC1. The number of nitrogens with two attached hydrogens (primary N) is 1. The summed E-state index contributed by atoms with van der Waals surface area (Å²) in [6, 6.07) is 3.22.